The zero-order valence-electron chi connectivity index (χ0n) is 9.92. The van der Waals surface area contributed by atoms with Crippen LogP contribution in [0.25, 0.3) is 0 Å². The third kappa shape index (κ3) is 2.35. The second-order valence-corrected chi connectivity index (χ2v) is 5.01. The number of hydrogen-bond acceptors (Lipinski definition) is 2. The lowest BCUT2D eigenvalue weighted by Gasteiger charge is -2.32. The molecule has 88 valence electrons. The minimum Gasteiger partial charge on any atom is -0.490 e. The molecule has 0 aliphatic carbocycles. The largest absolute Gasteiger partial charge is 0.490 e. The van der Waals surface area contributed by atoms with E-state index in [0.717, 1.165) is 12.0 Å². The van der Waals surface area contributed by atoms with Crippen LogP contribution in [0.1, 0.15) is 38.9 Å². The maximum absolute atomic E-state index is 13.5. The van der Waals surface area contributed by atoms with Gasteiger partial charge < -0.3 is 9.47 Å². The van der Waals surface area contributed by atoms with Crippen LogP contribution in [0, 0.1) is 5.82 Å². The topological polar surface area (TPSA) is 18.5 Å². The van der Waals surface area contributed by atoms with Crippen molar-refractivity contribution in [3.05, 3.63) is 29.6 Å². The van der Waals surface area contributed by atoms with Crippen LogP contribution in [0.2, 0.25) is 0 Å². The molecule has 1 heterocycles. The molecule has 0 fully saturated rings. The molecule has 1 aromatic rings. The summed E-state index contributed by atoms with van der Waals surface area (Å²) in [5.41, 5.74) is 0.590. The highest BCUT2D eigenvalue weighted by Crippen LogP contribution is 2.38. The predicted octanol–water partition coefficient (Wildman–Crippen LogP) is 3.46. The predicted molar refractivity (Wildman–Crippen MR) is 60.1 cm³/mol. The maximum Gasteiger partial charge on any atom is 0.165 e. The lowest BCUT2D eigenvalue weighted by atomic mass is 10.0. The number of rotatable bonds is 1. The first kappa shape index (κ1) is 11.4. The molecule has 0 amide bonds. The Morgan fingerprint density at radius 1 is 1.38 bits per heavy atom. The molecule has 0 saturated heterocycles. The van der Waals surface area contributed by atoms with E-state index >= 15 is 0 Å². The summed E-state index contributed by atoms with van der Waals surface area (Å²) in [6.45, 7) is 6.51. The highest BCUT2D eigenvalue weighted by Gasteiger charge is 2.28. The third-order valence-corrected chi connectivity index (χ3v) is 2.47. The van der Waals surface area contributed by atoms with E-state index in [1.807, 2.05) is 26.8 Å². The molecule has 0 bridgehead atoms. The zero-order chi connectivity index (χ0) is 11.8. The summed E-state index contributed by atoms with van der Waals surface area (Å²) in [6, 6.07) is 4.98. The Hall–Kier alpha value is -1.09. The van der Waals surface area contributed by atoms with Crippen molar-refractivity contribution in [3.8, 4) is 5.75 Å². The SMILES string of the molecule is CC(C)(C)OC1CCOc2c(F)cccc21. The van der Waals surface area contributed by atoms with E-state index in [0.29, 0.717) is 12.4 Å². The standard InChI is InChI=1S/C13H17FO2/c1-13(2,3)16-11-7-8-15-12-9(11)5-4-6-10(12)14/h4-6,11H,7-8H2,1-3H3. The Balaban J connectivity index is 2.30. The molecule has 0 spiro atoms. The van der Waals surface area contributed by atoms with Gasteiger partial charge in [0.25, 0.3) is 0 Å². The quantitative estimate of drug-likeness (QED) is 0.727. The van der Waals surface area contributed by atoms with Crippen molar-refractivity contribution in [2.45, 2.75) is 38.9 Å². The number of halogens is 1. The van der Waals surface area contributed by atoms with Crippen LogP contribution in [0.15, 0.2) is 18.2 Å². The van der Waals surface area contributed by atoms with Gasteiger partial charge in [-0.3, -0.25) is 0 Å². The average molecular weight is 224 g/mol. The van der Waals surface area contributed by atoms with Crippen LogP contribution in [0.5, 0.6) is 5.75 Å². The Kier molecular flexibility index (Phi) is 2.89. The summed E-state index contributed by atoms with van der Waals surface area (Å²) in [7, 11) is 0. The van der Waals surface area contributed by atoms with Gasteiger partial charge in [0.15, 0.2) is 11.6 Å². The fourth-order valence-electron chi connectivity index (χ4n) is 1.90. The molecule has 2 nitrogen and oxygen atoms in total. The van der Waals surface area contributed by atoms with Crippen molar-refractivity contribution in [1.29, 1.82) is 0 Å². The molecule has 3 heteroatoms. The van der Waals surface area contributed by atoms with Crippen molar-refractivity contribution < 1.29 is 13.9 Å². The normalized spacial score (nSPS) is 20.1. The third-order valence-electron chi connectivity index (χ3n) is 2.47. The van der Waals surface area contributed by atoms with E-state index in [4.69, 9.17) is 9.47 Å². The van der Waals surface area contributed by atoms with Crippen LogP contribution in [0.3, 0.4) is 0 Å². The molecule has 0 aromatic heterocycles. The highest BCUT2D eigenvalue weighted by molar-refractivity contribution is 5.38. The molecule has 0 saturated carbocycles. The Morgan fingerprint density at radius 2 is 2.12 bits per heavy atom. The summed E-state index contributed by atoms with van der Waals surface area (Å²) in [5.74, 6) is 0.0442. The number of benzene rings is 1. The van der Waals surface area contributed by atoms with Crippen LogP contribution in [0.4, 0.5) is 4.39 Å². The summed E-state index contributed by atoms with van der Waals surface area (Å²) >= 11 is 0. The van der Waals surface area contributed by atoms with Crippen molar-refractivity contribution >= 4 is 0 Å². The molecule has 1 aromatic carbocycles. The van der Waals surface area contributed by atoms with E-state index in [2.05, 4.69) is 0 Å². The van der Waals surface area contributed by atoms with Gasteiger partial charge in [-0.15, -0.1) is 0 Å². The molecule has 1 aliphatic heterocycles. The van der Waals surface area contributed by atoms with E-state index in [1.54, 1.807) is 6.07 Å². The fraction of sp³-hybridized carbons (Fsp3) is 0.538. The molecule has 1 aliphatic rings. The molecule has 1 unspecified atom stereocenters. The first-order valence-corrected chi connectivity index (χ1v) is 5.56. The Labute approximate surface area is 95.4 Å². The molecule has 1 atom stereocenters. The van der Waals surface area contributed by atoms with Gasteiger partial charge >= 0.3 is 0 Å². The minimum atomic E-state index is -0.306. The maximum atomic E-state index is 13.5. The Bertz CT molecular complexity index is 382. The van der Waals surface area contributed by atoms with Crippen molar-refractivity contribution in [3.63, 3.8) is 0 Å². The van der Waals surface area contributed by atoms with Gasteiger partial charge in [0.05, 0.1) is 18.3 Å². The average Bonchev–Trinajstić information content (AvgIpc) is 2.17. The summed E-state index contributed by atoms with van der Waals surface area (Å²) in [5, 5.41) is 0. The molecular formula is C13H17FO2. The van der Waals surface area contributed by atoms with E-state index in [-0.39, 0.29) is 17.5 Å². The van der Waals surface area contributed by atoms with Crippen LogP contribution < -0.4 is 4.74 Å². The van der Waals surface area contributed by atoms with Crippen molar-refractivity contribution in [2.75, 3.05) is 6.61 Å². The first-order chi connectivity index (χ1) is 7.47. The molecule has 16 heavy (non-hydrogen) atoms. The second-order valence-electron chi connectivity index (χ2n) is 5.01. The van der Waals surface area contributed by atoms with Crippen molar-refractivity contribution in [2.24, 2.45) is 0 Å². The number of para-hydroxylation sites is 1. The van der Waals surface area contributed by atoms with Crippen molar-refractivity contribution in [1.82, 2.24) is 0 Å². The smallest absolute Gasteiger partial charge is 0.165 e. The molecule has 2 rings (SSSR count). The van der Waals surface area contributed by atoms with Gasteiger partial charge in [0.1, 0.15) is 0 Å². The van der Waals surface area contributed by atoms with E-state index in [9.17, 15) is 4.39 Å². The second kappa shape index (κ2) is 4.06. The monoisotopic (exact) mass is 224 g/mol. The number of hydrogen-bond donors (Lipinski definition) is 0. The lowest BCUT2D eigenvalue weighted by molar-refractivity contribution is -0.0759. The summed E-state index contributed by atoms with van der Waals surface area (Å²) in [4.78, 5) is 0. The van der Waals surface area contributed by atoms with Gasteiger partial charge in [-0.1, -0.05) is 12.1 Å². The number of ether oxygens (including phenoxy) is 2. The van der Waals surface area contributed by atoms with Gasteiger partial charge in [0.2, 0.25) is 0 Å². The van der Waals surface area contributed by atoms with Gasteiger partial charge in [-0.25, -0.2) is 4.39 Å². The van der Waals surface area contributed by atoms with Crippen LogP contribution in [-0.2, 0) is 4.74 Å². The molecule has 0 radical (unpaired) electrons. The fourth-order valence-corrected chi connectivity index (χ4v) is 1.90. The molecular weight excluding hydrogens is 207 g/mol. The zero-order valence-corrected chi connectivity index (χ0v) is 9.92. The summed E-state index contributed by atoms with van der Waals surface area (Å²) < 4.78 is 24.8. The van der Waals surface area contributed by atoms with Gasteiger partial charge in [-0.05, 0) is 26.8 Å². The molecule has 0 N–H and O–H groups in total. The van der Waals surface area contributed by atoms with E-state index < -0.39 is 0 Å². The Morgan fingerprint density at radius 3 is 2.81 bits per heavy atom. The summed E-state index contributed by atoms with van der Waals surface area (Å²) in [6.07, 6.45) is 0.702. The van der Waals surface area contributed by atoms with Crippen LogP contribution >= 0.6 is 0 Å². The van der Waals surface area contributed by atoms with E-state index in [1.165, 1.54) is 6.07 Å². The lowest BCUT2D eigenvalue weighted by Crippen LogP contribution is -2.26. The highest BCUT2D eigenvalue weighted by atomic mass is 19.1. The first-order valence-electron chi connectivity index (χ1n) is 5.56. The number of fused-ring (bicyclic) bond motifs is 1. The van der Waals surface area contributed by atoms with Gasteiger partial charge in [0, 0.05) is 12.0 Å². The van der Waals surface area contributed by atoms with Crippen LogP contribution in [-0.4, -0.2) is 12.2 Å². The minimum absolute atomic E-state index is 0.0700. The van der Waals surface area contributed by atoms with Gasteiger partial charge in [-0.2, -0.15) is 0 Å².